The summed E-state index contributed by atoms with van der Waals surface area (Å²) in [5.41, 5.74) is -1.01. The minimum absolute atomic E-state index is 0.0333. The van der Waals surface area contributed by atoms with Crippen molar-refractivity contribution in [3.63, 3.8) is 0 Å². The smallest absolute Gasteiger partial charge is 0.446 e. The fourth-order valence-electron chi connectivity index (χ4n) is 3.53. The molecular formula is C21H18O14S. The first-order chi connectivity index (χ1) is 16.9. The molecule has 3 aromatic rings. The first-order valence-electron chi connectivity index (χ1n) is 10.0. The van der Waals surface area contributed by atoms with Crippen LogP contribution >= 0.6 is 0 Å². The number of fused-ring (bicyclic) bond motifs is 1. The highest BCUT2D eigenvalue weighted by Gasteiger charge is 2.48. The van der Waals surface area contributed by atoms with Crippen LogP contribution in [0.2, 0.25) is 0 Å². The molecule has 0 saturated carbocycles. The number of phenols is 1. The van der Waals surface area contributed by atoms with E-state index in [-0.39, 0.29) is 16.5 Å². The zero-order valence-electron chi connectivity index (χ0n) is 17.8. The maximum atomic E-state index is 12.8. The first-order valence-corrected chi connectivity index (χ1v) is 11.4. The SMILES string of the molecule is O=C(O)[C@@H]1O[C@H](Oc2ccc(-c3oc4ccccc4c(=O)c3OS(=O)(=O)O)cc2O)[C@@H](O)[C@H](O)[C@H]1O. The van der Waals surface area contributed by atoms with Gasteiger partial charge in [0.1, 0.15) is 23.9 Å². The third-order valence-electron chi connectivity index (χ3n) is 5.22. The van der Waals surface area contributed by atoms with Gasteiger partial charge in [-0.3, -0.25) is 9.35 Å². The molecule has 4 rings (SSSR count). The number of carbonyl (C=O) groups is 1. The number of aromatic hydroxyl groups is 1. The number of ether oxygens (including phenoxy) is 2. The highest BCUT2D eigenvalue weighted by molar-refractivity contribution is 7.81. The van der Waals surface area contributed by atoms with Gasteiger partial charge in [0.05, 0.1) is 5.39 Å². The van der Waals surface area contributed by atoms with E-state index in [1.807, 2.05) is 0 Å². The summed E-state index contributed by atoms with van der Waals surface area (Å²) in [6.07, 6.45) is -9.56. The Labute approximate surface area is 201 Å². The van der Waals surface area contributed by atoms with E-state index in [0.29, 0.717) is 0 Å². The van der Waals surface area contributed by atoms with E-state index in [9.17, 15) is 38.4 Å². The summed E-state index contributed by atoms with van der Waals surface area (Å²) in [7, 11) is -5.15. The lowest BCUT2D eigenvalue weighted by Gasteiger charge is -2.38. The Morgan fingerprint density at radius 1 is 1.00 bits per heavy atom. The Morgan fingerprint density at radius 3 is 2.33 bits per heavy atom. The van der Waals surface area contributed by atoms with Crippen LogP contribution in [-0.2, 0) is 19.9 Å². The van der Waals surface area contributed by atoms with E-state index < -0.39 is 75.5 Å². The van der Waals surface area contributed by atoms with Gasteiger partial charge in [0.15, 0.2) is 23.4 Å². The number of rotatable bonds is 6. The Hall–Kier alpha value is -3.73. The molecule has 1 aliphatic rings. The number of hydrogen-bond acceptors (Lipinski definition) is 12. The van der Waals surface area contributed by atoms with Crippen molar-refractivity contribution in [3.8, 4) is 28.6 Å². The summed E-state index contributed by atoms with van der Waals surface area (Å²) >= 11 is 0. The number of aliphatic hydroxyl groups excluding tert-OH is 3. The Bertz CT molecular complexity index is 1480. The molecule has 6 N–H and O–H groups in total. The van der Waals surface area contributed by atoms with E-state index in [0.717, 1.165) is 12.1 Å². The van der Waals surface area contributed by atoms with Crippen LogP contribution in [0.4, 0.5) is 0 Å². The molecular weight excluding hydrogens is 508 g/mol. The minimum Gasteiger partial charge on any atom is -0.504 e. The van der Waals surface area contributed by atoms with Crippen molar-refractivity contribution in [3.05, 3.63) is 52.7 Å². The topological polar surface area (TPSA) is 230 Å². The van der Waals surface area contributed by atoms with Crippen molar-refractivity contribution in [2.45, 2.75) is 30.7 Å². The van der Waals surface area contributed by atoms with Crippen molar-refractivity contribution in [1.82, 2.24) is 0 Å². The predicted octanol–water partition coefficient (Wildman–Crippen LogP) is -0.382. The second-order valence-corrected chi connectivity index (χ2v) is 8.65. The number of carboxylic acid groups (broad SMARTS) is 1. The lowest BCUT2D eigenvalue weighted by molar-refractivity contribution is -0.271. The first kappa shape index (κ1) is 25.4. The number of aliphatic carboxylic acids is 1. The summed E-state index contributed by atoms with van der Waals surface area (Å²) in [6, 6.07) is 8.97. The molecule has 0 radical (unpaired) electrons. The third kappa shape index (κ3) is 4.83. The average Bonchev–Trinajstić information content (AvgIpc) is 2.81. The molecule has 1 aromatic heterocycles. The highest BCUT2D eigenvalue weighted by Crippen LogP contribution is 2.38. The molecule has 1 aliphatic heterocycles. The van der Waals surface area contributed by atoms with E-state index in [1.54, 1.807) is 0 Å². The summed E-state index contributed by atoms with van der Waals surface area (Å²) in [5.74, 6) is -4.08. The van der Waals surface area contributed by atoms with Gasteiger partial charge in [-0.05, 0) is 30.3 Å². The van der Waals surface area contributed by atoms with Crippen molar-refractivity contribution in [2.75, 3.05) is 0 Å². The molecule has 2 heterocycles. The van der Waals surface area contributed by atoms with Gasteiger partial charge >= 0.3 is 16.4 Å². The van der Waals surface area contributed by atoms with Crippen molar-refractivity contribution < 1.29 is 61.4 Å². The molecule has 15 heteroatoms. The van der Waals surface area contributed by atoms with Crippen LogP contribution < -0.4 is 14.3 Å². The van der Waals surface area contributed by atoms with Gasteiger partial charge in [-0.15, -0.1) is 0 Å². The molecule has 36 heavy (non-hydrogen) atoms. The van der Waals surface area contributed by atoms with E-state index in [2.05, 4.69) is 4.18 Å². The van der Waals surface area contributed by atoms with E-state index >= 15 is 0 Å². The lowest BCUT2D eigenvalue weighted by Crippen LogP contribution is -2.61. The monoisotopic (exact) mass is 526 g/mol. The van der Waals surface area contributed by atoms with Gasteiger partial charge in [0, 0.05) is 5.56 Å². The van der Waals surface area contributed by atoms with Gasteiger partial charge in [0.2, 0.25) is 17.5 Å². The normalized spacial score (nSPS) is 24.4. The third-order valence-corrected chi connectivity index (χ3v) is 5.60. The molecule has 0 unspecified atom stereocenters. The maximum Gasteiger partial charge on any atom is 0.446 e. The van der Waals surface area contributed by atoms with Crippen molar-refractivity contribution >= 4 is 27.3 Å². The van der Waals surface area contributed by atoms with Gasteiger partial charge in [-0.25, -0.2) is 4.79 Å². The average molecular weight is 526 g/mol. The minimum atomic E-state index is -5.15. The largest absolute Gasteiger partial charge is 0.504 e. The van der Waals surface area contributed by atoms with Crippen LogP contribution in [0.25, 0.3) is 22.3 Å². The van der Waals surface area contributed by atoms with Crippen LogP contribution in [-0.4, -0.2) is 75.2 Å². The van der Waals surface area contributed by atoms with E-state index in [4.69, 9.17) is 23.6 Å². The number of aliphatic hydroxyl groups is 3. The van der Waals surface area contributed by atoms with Gasteiger partial charge in [-0.1, -0.05) is 12.1 Å². The molecule has 2 aromatic carbocycles. The fraction of sp³-hybridized carbons (Fsp3) is 0.238. The highest BCUT2D eigenvalue weighted by atomic mass is 32.3. The molecule has 5 atom stereocenters. The summed E-state index contributed by atoms with van der Waals surface area (Å²) in [5, 5.41) is 49.3. The Balaban J connectivity index is 1.72. The lowest BCUT2D eigenvalue weighted by atomic mass is 9.99. The number of hydrogen-bond donors (Lipinski definition) is 6. The number of benzene rings is 2. The summed E-state index contributed by atoms with van der Waals surface area (Å²) < 4.78 is 52.1. The predicted molar refractivity (Wildman–Crippen MR) is 117 cm³/mol. The van der Waals surface area contributed by atoms with Crippen LogP contribution in [0, 0.1) is 0 Å². The molecule has 14 nitrogen and oxygen atoms in total. The van der Waals surface area contributed by atoms with Crippen LogP contribution in [0.1, 0.15) is 0 Å². The Morgan fingerprint density at radius 2 is 1.69 bits per heavy atom. The number of para-hydroxylation sites is 1. The summed E-state index contributed by atoms with van der Waals surface area (Å²) in [4.78, 5) is 24.1. The zero-order chi connectivity index (χ0) is 26.4. The second kappa shape index (κ2) is 9.38. The van der Waals surface area contributed by atoms with Gasteiger partial charge in [0.25, 0.3) is 0 Å². The van der Waals surface area contributed by atoms with Crippen molar-refractivity contribution in [2.24, 2.45) is 0 Å². The van der Waals surface area contributed by atoms with Crippen LogP contribution in [0.5, 0.6) is 17.2 Å². The van der Waals surface area contributed by atoms with Gasteiger partial charge < -0.3 is 43.6 Å². The second-order valence-electron chi connectivity index (χ2n) is 7.63. The standard InChI is InChI=1S/C21H18O14S/c22-10-7-8(5-6-12(10)33-21-16(26)14(24)15(25)19(34-21)20(27)28)17-18(35-36(29,30)31)13(23)9-3-1-2-4-11(9)32-17/h1-7,14-16,19,21-22,24-26H,(H,27,28)(H,29,30,31)/t14-,15-,16+,19-,21+/m1/s1. The van der Waals surface area contributed by atoms with Crippen LogP contribution in [0.15, 0.2) is 51.7 Å². The molecule has 0 bridgehead atoms. The maximum absolute atomic E-state index is 12.8. The Kier molecular flexibility index (Phi) is 6.61. The quantitative estimate of drug-likeness (QED) is 0.225. The molecule has 1 fully saturated rings. The number of carboxylic acids is 1. The molecule has 1 saturated heterocycles. The van der Waals surface area contributed by atoms with Crippen molar-refractivity contribution in [1.29, 1.82) is 0 Å². The number of phenolic OH excluding ortho intramolecular Hbond substituents is 1. The van der Waals surface area contributed by atoms with E-state index in [1.165, 1.54) is 30.3 Å². The van der Waals surface area contributed by atoms with Gasteiger partial charge in [-0.2, -0.15) is 8.42 Å². The fourth-order valence-corrected chi connectivity index (χ4v) is 3.89. The molecule has 192 valence electrons. The molecule has 0 aliphatic carbocycles. The molecule has 0 amide bonds. The zero-order valence-corrected chi connectivity index (χ0v) is 18.6. The van der Waals surface area contributed by atoms with Crippen LogP contribution in [0.3, 0.4) is 0 Å². The molecule has 0 spiro atoms. The summed E-state index contributed by atoms with van der Waals surface area (Å²) in [6.45, 7) is 0.